The molecule has 1 aliphatic heterocycles. The van der Waals surface area contributed by atoms with Gasteiger partial charge in [0.05, 0.1) is 26.0 Å². The van der Waals surface area contributed by atoms with Crippen LogP contribution < -0.4 is 16.1 Å². The van der Waals surface area contributed by atoms with E-state index in [0.717, 1.165) is 17.7 Å². The fraction of sp³-hybridized carbons (Fsp3) is 0.667. The lowest BCUT2D eigenvalue weighted by Crippen LogP contribution is -3.13. The van der Waals surface area contributed by atoms with E-state index in [1.54, 1.807) is 11.6 Å². The van der Waals surface area contributed by atoms with E-state index in [1.807, 2.05) is 0 Å². The molecule has 0 radical (unpaired) electrons. The van der Waals surface area contributed by atoms with Gasteiger partial charge >= 0.3 is 5.69 Å². The number of piperidine rings is 1. The molecule has 0 bridgehead atoms. The zero-order chi connectivity index (χ0) is 16.6. The number of fused-ring (bicyclic) bond motifs is 1. The van der Waals surface area contributed by atoms with Gasteiger partial charge in [-0.1, -0.05) is 0 Å². The molecule has 2 aromatic rings. The molecular weight excluding hydrogens is 298 g/mol. The van der Waals surface area contributed by atoms with Crippen LogP contribution in [0.5, 0.6) is 0 Å². The van der Waals surface area contributed by atoms with Gasteiger partial charge in [0.1, 0.15) is 12.6 Å². The molecule has 0 aromatic carbocycles. The summed E-state index contributed by atoms with van der Waals surface area (Å²) in [5, 5.41) is 10.4. The van der Waals surface area contributed by atoms with Crippen molar-refractivity contribution in [3.63, 3.8) is 0 Å². The first-order chi connectivity index (χ1) is 11.0. The first kappa shape index (κ1) is 15.9. The van der Waals surface area contributed by atoms with E-state index < -0.39 is 11.8 Å². The summed E-state index contributed by atoms with van der Waals surface area (Å²) in [6, 6.07) is 0. The summed E-state index contributed by atoms with van der Waals surface area (Å²) in [4.78, 5) is 29.9. The molecule has 0 aliphatic carbocycles. The Morgan fingerprint density at radius 3 is 2.61 bits per heavy atom. The summed E-state index contributed by atoms with van der Waals surface area (Å²) < 4.78 is 4.09. The summed E-state index contributed by atoms with van der Waals surface area (Å²) in [6.07, 6.45) is 4.68. The normalized spacial score (nSPS) is 17.7. The van der Waals surface area contributed by atoms with Crippen LogP contribution in [0.4, 0.5) is 0 Å². The van der Waals surface area contributed by atoms with Gasteiger partial charge in [-0.3, -0.25) is 13.9 Å². The van der Waals surface area contributed by atoms with Crippen molar-refractivity contribution >= 4 is 11.2 Å². The minimum Gasteiger partial charge on any atom is -0.385 e. The third-order valence-corrected chi connectivity index (χ3v) is 4.71. The maximum absolute atomic E-state index is 12.4. The summed E-state index contributed by atoms with van der Waals surface area (Å²) >= 11 is 0. The number of likely N-dealkylation sites (tertiary alicyclic amines) is 1. The van der Waals surface area contributed by atoms with Crippen LogP contribution in [0.3, 0.4) is 0 Å². The number of aromatic nitrogens is 4. The second kappa shape index (κ2) is 6.29. The lowest BCUT2D eigenvalue weighted by Gasteiger charge is -2.25. The number of quaternary nitrogens is 1. The smallest absolute Gasteiger partial charge is 0.332 e. The third kappa shape index (κ3) is 2.96. The van der Waals surface area contributed by atoms with E-state index in [2.05, 4.69) is 4.98 Å². The molecule has 126 valence electrons. The van der Waals surface area contributed by atoms with Crippen molar-refractivity contribution in [1.82, 2.24) is 18.7 Å². The number of aliphatic hydroxyl groups is 1. The molecule has 23 heavy (non-hydrogen) atoms. The average molecular weight is 322 g/mol. The Kier molecular flexibility index (Phi) is 4.36. The number of hydrogen-bond acceptors (Lipinski definition) is 4. The molecule has 8 heteroatoms. The zero-order valence-corrected chi connectivity index (χ0v) is 13.7. The molecule has 1 aliphatic rings. The van der Waals surface area contributed by atoms with Gasteiger partial charge in [-0.05, 0) is 19.3 Å². The number of hydrogen-bond donors (Lipinski definition) is 2. The topological polar surface area (TPSA) is 86.5 Å². The fourth-order valence-electron chi connectivity index (χ4n) is 3.42. The standard InChI is InChI=1S/C15H23N5O3/c1-17-13-12(14(22)18(2)15(17)23)20(10-16-13)9-11(21)8-19-6-4-3-5-7-19/h10-11,21H,3-9H2,1-2H3/p+1/t11-/m1/s1. The van der Waals surface area contributed by atoms with Crippen LogP contribution in [0.15, 0.2) is 15.9 Å². The second-order valence-corrected chi connectivity index (χ2v) is 6.44. The summed E-state index contributed by atoms with van der Waals surface area (Å²) in [6.45, 7) is 3.18. The van der Waals surface area contributed by atoms with Crippen LogP contribution in [0.25, 0.3) is 11.2 Å². The largest absolute Gasteiger partial charge is 0.385 e. The van der Waals surface area contributed by atoms with Crippen LogP contribution in [-0.4, -0.2) is 49.5 Å². The van der Waals surface area contributed by atoms with Crippen LogP contribution >= 0.6 is 0 Å². The van der Waals surface area contributed by atoms with E-state index >= 15 is 0 Å². The van der Waals surface area contributed by atoms with Crippen molar-refractivity contribution < 1.29 is 10.0 Å². The Morgan fingerprint density at radius 2 is 1.91 bits per heavy atom. The summed E-state index contributed by atoms with van der Waals surface area (Å²) in [5.41, 5.74) is -0.0536. The first-order valence-corrected chi connectivity index (χ1v) is 8.11. The van der Waals surface area contributed by atoms with E-state index in [4.69, 9.17) is 0 Å². The Hall–Kier alpha value is -1.93. The fourth-order valence-corrected chi connectivity index (χ4v) is 3.42. The molecular formula is C15H24N5O3+. The van der Waals surface area contributed by atoms with Crippen molar-refractivity contribution in [2.75, 3.05) is 19.6 Å². The maximum atomic E-state index is 12.4. The molecule has 1 saturated heterocycles. The molecule has 1 atom stereocenters. The molecule has 8 nitrogen and oxygen atoms in total. The zero-order valence-electron chi connectivity index (χ0n) is 13.7. The predicted octanol–water partition coefficient (Wildman–Crippen LogP) is -2.14. The third-order valence-electron chi connectivity index (χ3n) is 4.71. The molecule has 3 rings (SSSR count). The predicted molar refractivity (Wildman–Crippen MR) is 85.6 cm³/mol. The summed E-state index contributed by atoms with van der Waals surface area (Å²) in [5.74, 6) is 0. The van der Waals surface area contributed by atoms with Gasteiger partial charge in [-0.25, -0.2) is 9.78 Å². The van der Waals surface area contributed by atoms with Crippen molar-refractivity contribution in [3.05, 3.63) is 27.2 Å². The quantitative estimate of drug-likeness (QED) is 0.673. The number of nitrogens with one attached hydrogen (secondary N) is 1. The number of aryl methyl sites for hydroxylation is 1. The van der Waals surface area contributed by atoms with Crippen LogP contribution in [-0.2, 0) is 20.6 Å². The van der Waals surface area contributed by atoms with E-state index in [9.17, 15) is 14.7 Å². The number of rotatable bonds is 4. The Balaban J connectivity index is 1.86. The second-order valence-electron chi connectivity index (χ2n) is 6.44. The van der Waals surface area contributed by atoms with Gasteiger partial charge in [0, 0.05) is 14.1 Å². The lowest BCUT2D eigenvalue weighted by molar-refractivity contribution is -0.908. The molecule has 3 heterocycles. The highest BCUT2D eigenvalue weighted by atomic mass is 16.3. The molecule has 1 fully saturated rings. The molecule has 0 amide bonds. The van der Waals surface area contributed by atoms with E-state index in [1.165, 1.54) is 42.1 Å². The molecule has 2 N–H and O–H groups in total. The van der Waals surface area contributed by atoms with Gasteiger partial charge in [-0.2, -0.15) is 0 Å². The highest BCUT2D eigenvalue weighted by Gasteiger charge is 2.20. The number of nitrogens with zero attached hydrogens (tertiary/aromatic N) is 4. The van der Waals surface area contributed by atoms with Gasteiger partial charge in [0.15, 0.2) is 11.2 Å². The van der Waals surface area contributed by atoms with Gasteiger partial charge in [-0.15, -0.1) is 0 Å². The Labute approximate surface area is 133 Å². The first-order valence-electron chi connectivity index (χ1n) is 8.11. The molecule has 0 spiro atoms. The van der Waals surface area contributed by atoms with Crippen molar-refractivity contribution in [2.45, 2.75) is 31.9 Å². The van der Waals surface area contributed by atoms with Crippen molar-refractivity contribution in [1.29, 1.82) is 0 Å². The minimum absolute atomic E-state index is 0.313. The number of aliphatic hydroxyl groups excluding tert-OH is 1. The Bertz CT molecular complexity index is 813. The van der Waals surface area contributed by atoms with Crippen molar-refractivity contribution in [2.24, 2.45) is 14.1 Å². The Morgan fingerprint density at radius 1 is 1.22 bits per heavy atom. The molecule has 0 saturated carbocycles. The monoisotopic (exact) mass is 322 g/mol. The summed E-state index contributed by atoms with van der Waals surface area (Å²) in [7, 11) is 3.05. The van der Waals surface area contributed by atoms with E-state index in [-0.39, 0.29) is 5.56 Å². The van der Waals surface area contributed by atoms with Crippen LogP contribution in [0.1, 0.15) is 19.3 Å². The van der Waals surface area contributed by atoms with Crippen LogP contribution in [0, 0.1) is 0 Å². The minimum atomic E-state index is -0.539. The van der Waals surface area contributed by atoms with Gasteiger partial charge < -0.3 is 14.6 Å². The van der Waals surface area contributed by atoms with Gasteiger partial charge in [0.2, 0.25) is 0 Å². The highest BCUT2D eigenvalue weighted by molar-refractivity contribution is 5.69. The lowest BCUT2D eigenvalue weighted by atomic mass is 10.1. The number of imidazole rings is 1. The highest BCUT2D eigenvalue weighted by Crippen LogP contribution is 2.06. The average Bonchev–Trinajstić information content (AvgIpc) is 2.95. The SMILES string of the molecule is Cn1c(=O)c2c(ncn2C[C@H](O)C[NH+]2CCCCC2)n(C)c1=O. The van der Waals surface area contributed by atoms with Crippen molar-refractivity contribution in [3.8, 4) is 0 Å². The van der Waals surface area contributed by atoms with Gasteiger partial charge in [0.25, 0.3) is 5.56 Å². The maximum Gasteiger partial charge on any atom is 0.332 e. The molecule has 2 aromatic heterocycles. The van der Waals surface area contributed by atoms with Crippen LogP contribution in [0.2, 0.25) is 0 Å². The molecule has 0 unspecified atom stereocenters. The van der Waals surface area contributed by atoms with E-state index in [0.29, 0.717) is 24.3 Å².